The monoisotopic (exact) mass is 305 g/mol. The first-order chi connectivity index (χ1) is 9.88. The fourth-order valence-corrected chi connectivity index (χ4v) is 2.23. The number of aryl methyl sites for hydroxylation is 2. The number of hydrogen-bond donors (Lipinski definition) is 1. The van der Waals surface area contributed by atoms with Crippen LogP contribution in [0, 0.1) is 13.8 Å². The summed E-state index contributed by atoms with van der Waals surface area (Å²) < 4.78 is 1.78. The lowest BCUT2D eigenvalue weighted by Gasteiger charge is -2.14. The van der Waals surface area contributed by atoms with Crippen molar-refractivity contribution in [2.75, 3.05) is 0 Å². The van der Waals surface area contributed by atoms with Gasteiger partial charge in [-0.2, -0.15) is 5.10 Å². The molecule has 0 amide bonds. The normalized spacial score (nSPS) is 11.1. The van der Waals surface area contributed by atoms with Crippen molar-refractivity contribution in [1.82, 2.24) is 15.1 Å². The van der Waals surface area contributed by atoms with Crippen LogP contribution in [-0.2, 0) is 6.54 Å². The van der Waals surface area contributed by atoms with Crippen LogP contribution >= 0.6 is 11.6 Å². The molecule has 0 aliphatic rings. The SMILES string of the molecule is Cc1ccc(Cl)cc1-n1nc(CNC(C)C)c(=O)cc1C. The number of benzene rings is 1. The van der Waals surface area contributed by atoms with Gasteiger partial charge in [-0.1, -0.05) is 31.5 Å². The topological polar surface area (TPSA) is 46.9 Å². The summed E-state index contributed by atoms with van der Waals surface area (Å²) in [5, 5.41) is 8.37. The molecular formula is C16H20ClN3O. The molecule has 0 aliphatic carbocycles. The summed E-state index contributed by atoms with van der Waals surface area (Å²) in [6.45, 7) is 8.39. The molecule has 0 radical (unpaired) electrons. The maximum Gasteiger partial charge on any atom is 0.204 e. The number of halogens is 1. The Labute approximate surface area is 129 Å². The van der Waals surface area contributed by atoms with Crippen molar-refractivity contribution in [3.8, 4) is 5.69 Å². The molecule has 5 heteroatoms. The van der Waals surface area contributed by atoms with Gasteiger partial charge >= 0.3 is 0 Å². The predicted molar refractivity (Wildman–Crippen MR) is 86.3 cm³/mol. The van der Waals surface area contributed by atoms with E-state index in [1.165, 1.54) is 0 Å². The molecule has 2 aromatic rings. The van der Waals surface area contributed by atoms with Crippen LogP contribution in [0.4, 0.5) is 0 Å². The molecule has 2 rings (SSSR count). The van der Waals surface area contributed by atoms with E-state index in [-0.39, 0.29) is 5.43 Å². The number of aromatic nitrogens is 2. The molecule has 112 valence electrons. The fourth-order valence-electron chi connectivity index (χ4n) is 2.06. The molecule has 0 spiro atoms. The predicted octanol–water partition coefficient (Wildman–Crippen LogP) is 3.00. The van der Waals surface area contributed by atoms with Gasteiger partial charge in [0.05, 0.1) is 5.69 Å². The molecule has 0 aliphatic heterocycles. The van der Waals surface area contributed by atoms with Crippen LogP contribution in [0.25, 0.3) is 5.69 Å². The van der Waals surface area contributed by atoms with Gasteiger partial charge < -0.3 is 5.32 Å². The summed E-state index contributed by atoms with van der Waals surface area (Å²) in [7, 11) is 0. The van der Waals surface area contributed by atoms with Gasteiger partial charge in [0.2, 0.25) is 5.43 Å². The van der Waals surface area contributed by atoms with E-state index in [9.17, 15) is 4.79 Å². The van der Waals surface area contributed by atoms with E-state index in [0.717, 1.165) is 16.9 Å². The quantitative estimate of drug-likeness (QED) is 0.944. The third-order valence-electron chi connectivity index (χ3n) is 3.26. The molecule has 0 saturated carbocycles. The molecule has 1 aromatic carbocycles. The highest BCUT2D eigenvalue weighted by molar-refractivity contribution is 6.30. The zero-order chi connectivity index (χ0) is 15.6. The third kappa shape index (κ3) is 3.71. The van der Waals surface area contributed by atoms with Crippen LogP contribution in [0.5, 0.6) is 0 Å². The third-order valence-corrected chi connectivity index (χ3v) is 3.49. The van der Waals surface area contributed by atoms with Gasteiger partial charge in [-0.25, -0.2) is 4.68 Å². The summed E-state index contributed by atoms with van der Waals surface area (Å²) in [4.78, 5) is 12.0. The van der Waals surface area contributed by atoms with Crippen molar-refractivity contribution in [2.24, 2.45) is 0 Å². The van der Waals surface area contributed by atoms with Crippen LogP contribution in [-0.4, -0.2) is 15.8 Å². The highest BCUT2D eigenvalue weighted by atomic mass is 35.5. The first-order valence-corrected chi connectivity index (χ1v) is 7.36. The molecular weight excluding hydrogens is 286 g/mol. The van der Waals surface area contributed by atoms with Crippen LogP contribution in [0.3, 0.4) is 0 Å². The zero-order valence-corrected chi connectivity index (χ0v) is 13.5. The highest BCUT2D eigenvalue weighted by Crippen LogP contribution is 2.19. The van der Waals surface area contributed by atoms with Crippen molar-refractivity contribution in [3.05, 3.63) is 56.5 Å². The van der Waals surface area contributed by atoms with Crippen LogP contribution in [0.1, 0.15) is 30.8 Å². The Morgan fingerprint density at radius 2 is 2.00 bits per heavy atom. The Hall–Kier alpha value is -1.65. The van der Waals surface area contributed by atoms with Gasteiger partial charge in [0.25, 0.3) is 0 Å². The van der Waals surface area contributed by atoms with Gasteiger partial charge in [-0.05, 0) is 31.5 Å². The lowest BCUT2D eigenvalue weighted by molar-refractivity contribution is 0.568. The highest BCUT2D eigenvalue weighted by Gasteiger charge is 2.10. The minimum Gasteiger partial charge on any atom is -0.309 e. The maximum absolute atomic E-state index is 12.0. The van der Waals surface area contributed by atoms with E-state index < -0.39 is 0 Å². The van der Waals surface area contributed by atoms with E-state index in [1.807, 2.05) is 45.9 Å². The molecule has 0 unspecified atom stereocenters. The minimum absolute atomic E-state index is 0.0448. The summed E-state index contributed by atoms with van der Waals surface area (Å²) >= 11 is 6.08. The van der Waals surface area contributed by atoms with Gasteiger partial charge in [-0.3, -0.25) is 4.79 Å². The van der Waals surface area contributed by atoms with Crippen LogP contribution < -0.4 is 10.7 Å². The lowest BCUT2D eigenvalue weighted by atomic mass is 10.2. The lowest BCUT2D eigenvalue weighted by Crippen LogP contribution is -2.28. The number of nitrogens with zero attached hydrogens (tertiary/aromatic N) is 2. The molecule has 0 saturated heterocycles. The van der Waals surface area contributed by atoms with E-state index in [4.69, 9.17) is 11.6 Å². The van der Waals surface area contributed by atoms with Crippen LogP contribution in [0.15, 0.2) is 29.1 Å². The van der Waals surface area contributed by atoms with Crippen LogP contribution in [0.2, 0.25) is 5.02 Å². The molecule has 21 heavy (non-hydrogen) atoms. The Kier molecular flexibility index (Phi) is 4.80. The molecule has 1 aromatic heterocycles. The maximum atomic E-state index is 12.0. The first kappa shape index (κ1) is 15.7. The van der Waals surface area contributed by atoms with Gasteiger partial charge in [0, 0.05) is 29.4 Å². The second-order valence-electron chi connectivity index (χ2n) is 5.47. The number of rotatable bonds is 4. The summed E-state index contributed by atoms with van der Waals surface area (Å²) in [5.74, 6) is 0. The summed E-state index contributed by atoms with van der Waals surface area (Å²) in [5.41, 5.74) is 3.20. The molecule has 1 heterocycles. The van der Waals surface area contributed by atoms with Crippen molar-refractivity contribution in [2.45, 2.75) is 40.3 Å². The van der Waals surface area contributed by atoms with E-state index in [1.54, 1.807) is 10.7 Å². The molecule has 0 bridgehead atoms. The van der Waals surface area contributed by atoms with E-state index in [2.05, 4.69) is 10.4 Å². The number of hydrogen-bond acceptors (Lipinski definition) is 3. The second kappa shape index (κ2) is 6.41. The molecule has 1 N–H and O–H groups in total. The Morgan fingerprint density at radius 3 is 2.67 bits per heavy atom. The Bertz CT molecular complexity index is 707. The van der Waals surface area contributed by atoms with Crippen molar-refractivity contribution in [1.29, 1.82) is 0 Å². The van der Waals surface area contributed by atoms with Crippen molar-refractivity contribution < 1.29 is 0 Å². The smallest absolute Gasteiger partial charge is 0.204 e. The average molecular weight is 306 g/mol. The van der Waals surface area contributed by atoms with Crippen molar-refractivity contribution >= 4 is 11.6 Å². The van der Waals surface area contributed by atoms with Crippen molar-refractivity contribution in [3.63, 3.8) is 0 Å². The summed E-state index contributed by atoms with van der Waals surface area (Å²) in [6.07, 6.45) is 0. The fraction of sp³-hybridized carbons (Fsp3) is 0.375. The Morgan fingerprint density at radius 1 is 1.29 bits per heavy atom. The minimum atomic E-state index is -0.0448. The van der Waals surface area contributed by atoms with E-state index >= 15 is 0 Å². The van der Waals surface area contributed by atoms with Gasteiger partial charge in [-0.15, -0.1) is 0 Å². The molecule has 0 fully saturated rings. The molecule has 0 atom stereocenters. The van der Waals surface area contributed by atoms with Gasteiger partial charge in [0.1, 0.15) is 5.69 Å². The molecule has 4 nitrogen and oxygen atoms in total. The standard InChI is InChI=1S/C16H20ClN3O/c1-10(2)18-9-14-16(21)7-12(4)20(19-14)15-8-13(17)6-5-11(15)3/h5-8,10,18H,9H2,1-4H3. The zero-order valence-electron chi connectivity index (χ0n) is 12.8. The second-order valence-corrected chi connectivity index (χ2v) is 5.91. The first-order valence-electron chi connectivity index (χ1n) is 6.98. The summed E-state index contributed by atoms with van der Waals surface area (Å²) in [6, 6.07) is 7.57. The van der Waals surface area contributed by atoms with E-state index in [0.29, 0.717) is 23.3 Å². The number of nitrogens with one attached hydrogen (secondary N) is 1. The Balaban J connectivity index is 2.51. The van der Waals surface area contributed by atoms with Gasteiger partial charge in [0.15, 0.2) is 0 Å². The average Bonchev–Trinajstić information content (AvgIpc) is 2.41. The largest absolute Gasteiger partial charge is 0.309 e.